The molecule has 1 aliphatic heterocycles. The zero-order chi connectivity index (χ0) is 8.43. The molecule has 0 saturated heterocycles. The van der Waals surface area contributed by atoms with E-state index in [1.807, 2.05) is 14.0 Å². The van der Waals surface area contributed by atoms with Crippen LogP contribution in [0.1, 0.15) is 20.3 Å². The number of hydrogen-bond acceptors (Lipinski definition) is 1. The molecule has 1 unspecified atom stereocenters. The van der Waals surface area contributed by atoms with Crippen molar-refractivity contribution >= 4 is 5.91 Å². The molecule has 62 valence electrons. The largest absolute Gasteiger partial charge is 0.342 e. The highest BCUT2D eigenvalue weighted by atomic mass is 16.2. The van der Waals surface area contributed by atoms with E-state index in [-0.39, 0.29) is 11.8 Å². The Balaban J connectivity index is 2.73. The Morgan fingerprint density at radius 2 is 2.27 bits per heavy atom. The molecule has 2 nitrogen and oxygen atoms in total. The van der Waals surface area contributed by atoms with Crippen LogP contribution < -0.4 is 0 Å². The molecule has 0 aliphatic carbocycles. The van der Waals surface area contributed by atoms with Crippen molar-refractivity contribution in [3.63, 3.8) is 0 Å². The molecule has 0 aromatic heterocycles. The quantitative estimate of drug-likeness (QED) is 0.482. The van der Waals surface area contributed by atoms with Crippen molar-refractivity contribution in [2.24, 2.45) is 5.92 Å². The third-order valence-electron chi connectivity index (χ3n) is 2.10. The van der Waals surface area contributed by atoms with Crippen LogP contribution in [0.15, 0.2) is 11.6 Å². The van der Waals surface area contributed by atoms with E-state index in [9.17, 15) is 4.79 Å². The van der Waals surface area contributed by atoms with Crippen molar-refractivity contribution in [1.82, 2.24) is 4.90 Å². The van der Waals surface area contributed by atoms with Crippen molar-refractivity contribution < 1.29 is 4.79 Å². The first-order chi connectivity index (χ1) is 5.11. The Labute approximate surface area is 67.9 Å². The first-order valence-corrected chi connectivity index (χ1v) is 4.02. The number of nitrogens with zero attached hydrogens (tertiary/aromatic N) is 1. The molecule has 2 heteroatoms. The maximum Gasteiger partial charge on any atom is 0.225 e. The van der Waals surface area contributed by atoms with Crippen LogP contribution in [-0.4, -0.2) is 24.4 Å². The smallest absolute Gasteiger partial charge is 0.225 e. The number of allylic oxidation sites excluding steroid dienone is 1. The summed E-state index contributed by atoms with van der Waals surface area (Å²) in [6.07, 6.45) is 3.06. The van der Waals surface area contributed by atoms with E-state index in [0.29, 0.717) is 0 Å². The molecule has 11 heavy (non-hydrogen) atoms. The predicted octanol–water partition coefficient (Wildman–Crippen LogP) is 1.43. The lowest BCUT2D eigenvalue weighted by Crippen LogP contribution is -2.30. The monoisotopic (exact) mass is 153 g/mol. The average Bonchev–Trinajstić information content (AvgIpc) is 2.05. The molecular formula is C9H15NO. The van der Waals surface area contributed by atoms with Crippen LogP contribution in [0.5, 0.6) is 0 Å². The van der Waals surface area contributed by atoms with Crippen LogP contribution >= 0.6 is 0 Å². The van der Waals surface area contributed by atoms with E-state index in [0.717, 1.165) is 13.0 Å². The summed E-state index contributed by atoms with van der Waals surface area (Å²) in [5.74, 6) is 0.426. The Bertz CT molecular complexity index is 196. The van der Waals surface area contributed by atoms with Gasteiger partial charge in [-0.2, -0.15) is 0 Å². The first-order valence-electron chi connectivity index (χ1n) is 4.02. The minimum absolute atomic E-state index is 0.164. The van der Waals surface area contributed by atoms with E-state index in [2.05, 4.69) is 13.0 Å². The first kappa shape index (κ1) is 8.31. The third kappa shape index (κ3) is 1.82. The van der Waals surface area contributed by atoms with E-state index >= 15 is 0 Å². The fourth-order valence-electron chi connectivity index (χ4n) is 1.37. The third-order valence-corrected chi connectivity index (χ3v) is 2.10. The number of carbonyl (C=O) groups excluding carboxylic acids is 1. The molecule has 0 radical (unpaired) electrons. The molecule has 0 N–H and O–H groups in total. The normalized spacial score (nSPS) is 26.5. The number of rotatable bonds is 0. The van der Waals surface area contributed by atoms with Gasteiger partial charge in [0.1, 0.15) is 0 Å². The molecule has 1 atom stereocenters. The molecule has 1 heterocycles. The SMILES string of the molecule is CC1=CCC(C)C(=O)N(C)C1. The predicted molar refractivity (Wildman–Crippen MR) is 45.2 cm³/mol. The van der Waals surface area contributed by atoms with Crippen LogP contribution in [0.25, 0.3) is 0 Å². The molecular weight excluding hydrogens is 138 g/mol. The molecule has 1 rings (SSSR count). The lowest BCUT2D eigenvalue weighted by molar-refractivity contribution is -0.132. The van der Waals surface area contributed by atoms with Gasteiger partial charge in [-0.05, 0) is 13.3 Å². The Morgan fingerprint density at radius 1 is 1.64 bits per heavy atom. The summed E-state index contributed by atoms with van der Waals surface area (Å²) >= 11 is 0. The molecule has 1 amide bonds. The maximum atomic E-state index is 11.4. The maximum absolute atomic E-state index is 11.4. The number of carbonyl (C=O) groups is 1. The summed E-state index contributed by atoms with van der Waals surface area (Å²) < 4.78 is 0. The van der Waals surface area contributed by atoms with Crippen molar-refractivity contribution in [3.8, 4) is 0 Å². The Morgan fingerprint density at radius 3 is 2.91 bits per heavy atom. The van der Waals surface area contributed by atoms with Crippen LogP contribution in [0.2, 0.25) is 0 Å². The standard InChI is InChI=1S/C9H15NO/c1-7-4-5-8(2)9(11)10(3)6-7/h4,8H,5-6H2,1-3H3. The molecule has 0 aromatic rings. The summed E-state index contributed by atoms with van der Waals surface area (Å²) in [4.78, 5) is 13.2. The molecule has 0 bridgehead atoms. The van der Waals surface area contributed by atoms with Gasteiger partial charge in [0, 0.05) is 19.5 Å². The van der Waals surface area contributed by atoms with Crippen molar-refractivity contribution in [1.29, 1.82) is 0 Å². The van der Waals surface area contributed by atoms with Gasteiger partial charge in [0.25, 0.3) is 0 Å². The second kappa shape index (κ2) is 3.07. The highest BCUT2D eigenvalue weighted by molar-refractivity contribution is 5.79. The van der Waals surface area contributed by atoms with Crippen molar-refractivity contribution in [3.05, 3.63) is 11.6 Å². The van der Waals surface area contributed by atoms with Gasteiger partial charge >= 0.3 is 0 Å². The fraction of sp³-hybridized carbons (Fsp3) is 0.667. The minimum Gasteiger partial charge on any atom is -0.342 e. The van der Waals surface area contributed by atoms with Crippen LogP contribution in [0.3, 0.4) is 0 Å². The van der Waals surface area contributed by atoms with Crippen molar-refractivity contribution in [2.45, 2.75) is 20.3 Å². The van der Waals surface area contributed by atoms with Gasteiger partial charge in [0.2, 0.25) is 5.91 Å². The van der Waals surface area contributed by atoms with Gasteiger partial charge in [-0.25, -0.2) is 0 Å². The van der Waals surface area contributed by atoms with Gasteiger partial charge in [0.15, 0.2) is 0 Å². The van der Waals surface area contributed by atoms with E-state index < -0.39 is 0 Å². The average molecular weight is 153 g/mol. The second-order valence-electron chi connectivity index (χ2n) is 3.38. The van der Waals surface area contributed by atoms with Gasteiger partial charge in [-0.15, -0.1) is 0 Å². The van der Waals surface area contributed by atoms with Crippen molar-refractivity contribution in [2.75, 3.05) is 13.6 Å². The topological polar surface area (TPSA) is 20.3 Å². The van der Waals surface area contributed by atoms with E-state index in [4.69, 9.17) is 0 Å². The summed E-state index contributed by atoms with van der Waals surface area (Å²) in [5, 5.41) is 0. The fourth-order valence-corrected chi connectivity index (χ4v) is 1.37. The second-order valence-corrected chi connectivity index (χ2v) is 3.38. The summed E-state index contributed by atoms with van der Waals surface area (Å²) in [5.41, 5.74) is 1.30. The lowest BCUT2D eigenvalue weighted by atomic mass is 10.1. The van der Waals surface area contributed by atoms with Gasteiger partial charge < -0.3 is 4.90 Å². The summed E-state index contributed by atoms with van der Waals surface area (Å²) in [7, 11) is 1.86. The van der Waals surface area contributed by atoms with Gasteiger partial charge in [0.05, 0.1) is 0 Å². The molecule has 0 aromatic carbocycles. The lowest BCUT2D eigenvalue weighted by Gasteiger charge is -2.17. The molecule has 0 saturated carbocycles. The van der Waals surface area contributed by atoms with E-state index in [1.165, 1.54) is 5.57 Å². The number of amides is 1. The highest BCUT2D eigenvalue weighted by Gasteiger charge is 2.19. The summed E-state index contributed by atoms with van der Waals surface area (Å²) in [6.45, 7) is 4.85. The molecule has 0 fully saturated rings. The molecule has 0 spiro atoms. The van der Waals surface area contributed by atoms with Crippen LogP contribution in [0, 0.1) is 5.92 Å². The van der Waals surface area contributed by atoms with Gasteiger partial charge in [-0.1, -0.05) is 18.6 Å². The molecule has 1 aliphatic rings. The zero-order valence-corrected chi connectivity index (χ0v) is 7.42. The number of likely N-dealkylation sites (N-methyl/N-ethyl adjacent to an activating group) is 1. The zero-order valence-electron chi connectivity index (χ0n) is 7.42. The Hall–Kier alpha value is -0.790. The van der Waals surface area contributed by atoms with Gasteiger partial charge in [-0.3, -0.25) is 4.79 Å². The Kier molecular flexibility index (Phi) is 2.32. The van der Waals surface area contributed by atoms with E-state index in [1.54, 1.807) is 4.90 Å². The minimum atomic E-state index is 0.164. The van der Waals surface area contributed by atoms with Crippen LogP contribution in [0.4, 0.5) is 0 Å². The summed E-state index contributed by atoms with van der Waals surface area (Å²) in [6, 6.07) is 0. The highest BCUT2D eigenvalue weighted by Crippen LogP contribution is 2.14. The van der Waals surface area contributed by atoms with Crippen LogP contribution in [-0.2, 0) is 4.79 Å². The number of hydrogen-bond donors (Lipinski definition) is 0.